The van der Waals surface area contributed by atoms with Crippen molar-refractivity contribution in [3.63, 3.8) is 0 Å². The number of carbonyl (C=O) groups is 2. The van der Waals surface area contributed by atoms with Gasteiger partial charge in [0.05, 0.1) is 6.61 Å². The van der Waals surface area contributed by atoms with Gasteiger partial charge in [0.2, 0.25) is 11.8 Å². The first-order valence-corrected chi connectivity index (χ1v) is 10.1. The predicted molar refractivity (Wildman–Crippen MR) is 110 cm³/mol. The molecule has 2 aromatic rings. The van der Waals surface area contributed by atoms with Crippen molar-refractivity contribution in [1.29, 1.82) is 0 Å². The predicted octanol–water partition coefficient (Wildman–Crippen LogP) is 4.29. The molecule has 1 fully saturated rings. The first-order chi connectivity index (χ1) is 14.0. The van der Waals surface area contributed by atoms with Crippen LogP contribution in [0.5, 0.6) is 5.75 Å². The second-order valence-electron chi connectivity index (χ2n) is 7.34. The molecule has 2 amide bonds. The van der Waals surface area contributed by atoms with Gasteiger partial charge in [0.15, 0.2) is 0 Å². The second-order valence-corrected chi connectivity index (χ2v) is 7.34. The summed E-state index contributed by atoms with van der Waals surface area (Å²) >= 11 is 0. The molecule has 2 N–H and O–H groups in total. The van der Waals surface area contributed by atoms with Crippen molar-refractivity contribution in [1.82, 2.24) is 5.32 Å². The molecule has 5 nitrogen and oxygen atoms in total. The van der Waals surface area contributed by atoms with Crippen LogP contribution in [0.1, 0.15) is 38.2 Å². The molecule has 6 heteroatoms. The number of hydrogen-bond donors (Lipinski definition) is 2. The molecule has 1 saturated carbocycles. The Hall–Kier alpha value is -2.89. The maximum atomic E-state index is 12.9. The second kappa shape index (κ2) is 10.0. The molecule has 1 aliphatic rings. The van der Waals surface area contributed by atoms with Crippen LogP contribution in [0.25, 0.3) is 0 Å². The lowest BCUT2D eigenvalue weighted by molar-refractivity contribution is -0.128. The molecular formula is C23H27FN2O3. The molecule has 2 aromatic carbocycles. The van der Waals surface area contributed by atoms with Crippen LogP contribution in [0.2, 0.25) is 0 Å². The van der Waals surface area contributed by atoms with Crippen molar-refractivity contribution in [2.75, 3.05) is 11.9 Å². The molecule has 3 rings (SSSR count). The van der Waals surface area contributed by atoms with Crippen LogP contribution in [-0.2, 0) is 16.1 Å². The van der Waals surface area contributed by atoms with Gasteiger partial charge in [-0.15, -0.1) is 0 Å². The minimum atomic E-state index is -0.290. The van der Waals surface area contributed by atoms with Gasteiger partial charge in [-0.2, -0.15) is 0 Å². The number of ether oxygens (including phenoxy) is 1. The zero-order chi connectivity index (χ0) is 20.6. The van der Waals surface area contributed by atoms with Crippen molar-refractivity contribution >= 4 is 17.5 Å². The van der Waals surface area contributed by atoms with Crippen LogP contribution in [0, 0.1) is 17.7 Å². The molecule has 0 saturated heterocycles. The Bertz CT molecular complexity index is 813. The minimum absolute atomic E-state index is 0.000281. The molecule has 29 heavy (non-hydrogen) atoms. The van der Waals surface area contributed by atoms with E-state index in [9.17, 15) is 14.0 Å². The number of benzene rings is 2. The smallest absolute Gasteiger partial charge is 0.227 e. The monoisotopic (exact) mass is 398 g/mol. The van der Waals surface area contributed by atoms with Gasteiger partial charge in [0, 0.05) is 24.1 Å². The zero-order valence-corrected chi connectivity index (χ0v) is 16.6. The van der Waals surface area contributed by atoms with E-state index in [1.807, 2.05) is 31.2 Å². The summed E-state index contributed by atoms with van der Waals surface area (Å²) in [5.74, 6) is 0.325. The number of anilines is 1. The van der Waals surface area contributed by atoms with E-state index >= 15 is 0 Å². The summed E-state index contributed by atoms with van der Waals surface area (Å²) in [6.45, 7) is 2.92. The van der Waals surface area contributed by atoms with Crippen molar-refractivity contribution in [2.45, 2.75) is 39.2 Å². The summed E-state index contributed by atoms with van der Waals surface area (Å²) < 4.78 is 18.3. The number of carbonyl (C=O) groups excluding carboxylic acids is 2. The third-order valence-corrected chi connectivity index (χ3v) is 5.28. The van der Waals surface area contributed by atoms with Crippen LogP contribution in [0.15, 0.2) is 48.5 Å². The lowest BCUT2D eigenvalue weighted by Crippen LogP contribution is -2.35. The summed E-state index contributed by atoms with van der Waals surface area (Å²) in [4.78, 5) is 24.9. The molecule has 0 unspecified atom stereocenters. The lowest BCUT2D eigenvalue weighted by atomic mass is 9.81. The summed E-state index contributed by atoms with van der Waals surface area (Å²) in [5, 5.41) is 5.86. The average molecular weight is 398 g/mol. The fourth-order valence-electron chi connectivity index (χ4n) is 3.60. The first kappa shape index (κ1) is 20.8. The summed E-state index contributed by atoms with van der Waals surface area (Å²) in [7, 11) is 0. The van der Waals surface area contributed by atoms with Gasteiger partial charge in [-0.05, 0) is 74.6 Å². The van der Waals surface area contributed by atoms with Gasteiger partial charge in [-0.3, -0.25) is 9.59 Å². The number of nitrogens with one attached hydrogen (secondary N) is 2. The SMILES string of the molecule is CCOc1ccc(NC(=O)C2CCC(C(=O)NCc3ccc(F)cc3)CC2)cc1. The van der Waals surface area contributed by atoms with Crippen molar-refractivity contribution in [2.24, 2.45) is 11.8 Å². The Kier molecular flexibility index (Phi) is 7.22. The van der Waals surface area contributed by atoms with Crippen LogP contribution in [0.4, 0.5) is 10.1 Å². The van der Waals surface area contributed by atoms with Gasteiger partial charge in [0.1, 0.15) is 11.6 Å². The van der Waals surface area contributed by atoms with E-state index in [2.05, 4.69) is 10.6 Å². The molecule has 0 bridgehead atoms. The average Bonchev–Trinajstić information content (AvgIpc) is 2.75. The van der Waals surface area contributed by atoms with Gasteiger partial charge in [-0.25, -0.2) is 4.39 Å². The highest BCUT2D eigenvalue weighted by Crippen LogP contribution is 2.30. The standard InChI is InChI=1S/C23H27FN2O3/c1-2-29-21-13-11-20(12-14-21)26-23(28)18-7-5-17(6-8-18)22(27)25-15-16-3-9-19(24)10-4-16/h3-4,9-14,17-18H,2,5-8,15H2,1H3,(H,25,27)(H,26,28). The number of rotatable bonds is 7. The molecule has 1 aliphatic carbocycles. The highest BCUT2D eigenvalue weighted by molar-refractivity contribution is 5.92. The third kappa shape index (κ3) is 6.04. The van der Waals surface area contributed by atoms with Crippen molar-refractivity contribution in [3.05, 3.63) is 59.9 Å². The summed E-state index contributed by atoms with van der Waals surface area (Å²) in [6, 6.07) is 13.4. The molecule has 0 atom stereocenters. The molecular weight excluding hydrogens is 371 g/mol. The Labute approximate surface area is 170 Å². The Morgan fingerprint density at radius 1 is 0.931 bits per heavy atom. The Balaban J connectivity index is 1.42. The summed E-state index contributed by atoms with van der Waals surface area (Å²) in [6.07, 6.45) is 2.77. The van der Waals surface area contributed by atoms with E-state index in [-0.39, 0.29) is 29.5 Å². The van der Waals surface area contributed by atoms with E-state index in [1.165, 1.54) is 12.1 Å². The first-order valence-electron chi connectivity index (χ1n) is 10.1. The maximum Gasteiger partial charge on any atom is 0.227 e. The van der Waals surface area contributed by atoms with E-state index in [4.69, 9.17) is 4.74 Å². The van der Waals surface area contributed by atoms with E-state index in [1.54, 1.807) is 12.1 Å². The van der Waals surface area contributed by atoms with Crippen LogP contribution in [0.3, 0.4) is 0 Å². The number of amides is 2. The van der Waals surface area contributed by atoms with E-state index < -0.39 is 0 Å². The van der Waals surface area contributed by atoms with E-state index in [0.717, 1.165) is 17.0 Å². The van der Waals surface area contributed by atoms with Gasteiger partial charge in [-0.1, -0.05) is 12.1 Å². The van der Waals surface area contributed by atoms with Crippen LogP contribution >= 0.6 is 0 Å². The van der Waals surface area contributed by atoms with Gasteiger partial charge < -0.3 is 15.4 Å². The molecule has 0 radical (unpaired) electrons. The highest BCUT2D eigenvalue weighted by Gasteiger charge is 2.29. The maximum absolute atomic E-state index is 12.9. The summed E-state index contributed by atoms with van der Waals surface area (Å²) in [5.41, 5.74) is 1.61. The van der Waals surface area contributed by atoms with Gasteiger partial charge in [0.25, 0.3) is 0 Å². The molecule has 0 spiro atoms. The fraction of sp³-hybridized carbons (Fsp3) is 0.391. The number of halogens is 1. The molecule has 0 heterocycles. The minimum Gasteiger partial charge on any atom is -0.494 e. The van der Waals surface area contributed by atoms with Crippen molar-refractivity contribution < 1.29 is 18.7 Å². The largest absolute Gasteiger partial charge is 0.494 e. The zero-order valence-electron chi connectivity index (χ0n) is 16.6. The highest BCUT2D eigenvalue weighted by atomic mass is 19.1. The third-order valence-electron chi connectivity index (χ3n) is 5.28. The Morgan fingerprint density at radius 2 is 1.52 bits per heavy atom. The normalized spacial score (nSPS) is 18.7. The Morgan fingerprint density at radius 3 is 2.10 bits per heavy atom. The quantitative estimate of drug-likeness (QED) is 0.731. The molecule has 0 aromatic heterocycles. The fourth-order valence-corrected chi connectivity index (χ4v) is 3.60. The number of hydrogen-bond acceptors (Lipinski definition) is 3. The van der Waals surface area contributed by atoms with Crippen molar-refractivity contribution in [3.8, 4) is 5.75 Å². The molecule has 154 valence electrons. The van der Waals surface area contributed by atoms with Crippen LogP contribution in [-0.4, -0.2) is 18.4 Å². The topological polar surface area (TPSA) is 67.4 Å². The molecule has 0 aliphatic heterocycles. The lowest BCUT2D eigenvalue weighted by Gasteiger charge is -2.27. The van der Waals surface area contributed by atoms with E-state index in [0.29, 0.717) is 38.8 Å². The van der Waals surface area contributed by atoms with Gasteiger partial charge >= 0.3 is 0 Å². The van der Waals surface area contributed by atoms with Crippen LogP contribution < -0.4 is 15.4 Å².